The van der Waals surface area contributed by atoms with Crippen molar-refractivity contribution in [3.8, 4) is 5.75 Å². The summed E-state index contributed by atoms with van der Waals surface area (Å²) < 4.78 is 33.1. The van der Waals surface area contributed by atoms with Crippen molar-refractivity contribution in [3.05, 3.63) is 47.0 Å². The zero-order chi connectivity index (χ0) is 21.9. The predicted octanol–water partition coefficient (Wildman–Crippen LogP) is 3.52. The van der Waals surface area contributed by atoms with E-state index < -0.39 is 10.0 Å². The molecule has 2 aromatic rings. The smallest absolute Gasteiger partial charge is 0.243 e. The monoisotopic (exact) mass is 451 g/mol. The first-order valence-electron chi connectivity index (χ1n) is 9.75. The van der Waals surface area contributed by atoms with Gasteiger partial charge >= 0.3 is 0 Å². The minimum Gasteiger partial charge on any atom is -0.495 e. The van der Waals surface area contributed by atoms with Crippen LogP contribution in [0, 0.1) is 6.92 Å². The van der Waals surface area contributed by atoms with E-state index >= 15 is 0 Å². The van der Waals surface area contributed by atoms with Gasteiger partial charge in [-0.1, -0.05) is 24.6 Å². The molecule has 1 heterocycles. The fraction of sp³-hybridized carbons (Fsp3) is 0.381. The van der Waals surface area contributed by atoms with Crippen LogP contribution in [0.5, 0.6) is 5.75 Å². The summed E-state index contributed by atoms with van der Waals surface area (Å²) in [6.07, 6.45) is 0.283. The summed E-state index contributed by atoms with van der Waals surface area (Å²) in [5.41, 5.74) is 2.47. The number of anilines is 2. The van der Waals surface area contributed by atoms with Gasteiger partial charge in [0.1, 0.15) is 5.75 Å². The molecule has 162 valence electrons. The maximum absolute atomic E-state index is 13.2. The highest BCUT2D eigenvalue weighted by atomic mass is 35.5. The van der Waals surface area contributed by atoms with Crippen LogP contribution in [0.3, 0.4) is 0 Å². The summed E-state index contributed by atoms with van der Waals surface area (Å²) in [7, 11) is -2.23. The predicted molar refractivity (Wildman–Crippen MR) is 119 cm³/mol. The largest absolute Gasteiger partial charge is 0.495 e. The van der Waals surface area contributed by atoms with E-state index in [0.717, 1.165) is 11.3 Å². The molecular weight excluding hydrogens is 426 g/mol. The van der Waals surface area contributed by atoms with E-state index in [1.807, 2.05) is 25.1 Å². The van der Waals surface area contributed by atoms with E-state index in [-0.39, 0.29) is 17.2 Å². The number of rotatable bonds is 6. The number of aryl methyl sites for hydroxylation is 1. The summed E-state index contributed by atoms with van der Waals surface area (Å²) in [6, 6.07) is 10.2. The lowest BCUT2D eigenvalue weighted by Gasteiger charge is -2.36. The number of amides is 1. The number of hydrogen-bond acceptors (Lipinski definition) is 5. The normalized spacial score (nSPS) is 15.1. The van der Waals surface area contributed by atoms with E-state index in [4.69, 9.17) is 16.3 Å². The molecule has 0 aromatic heterocycles. The molecular formula is C21H26ClN3O4S. The van der Waals surface area contributed by atoms with Crippen molar-refractivity contribution in [2.45, 2.75) is 25.2 Å². The van der Waals surface area contributed by atoms with E-state index in [1.165, 1.54) is 23.5 Å². The molecule has 30 heavy (non-hydrogen) atoms. The number of carbonyl (C=O) groups excluding carboxylic acids is 1. The molecule has 1 fully saturated rings. The van der Waals surface area contributed by atoms with Crippen LogP contribution in [-0.2, 0) is 14.8 Å². The number of hydrogen-bond donors (Lipinski definition) is 1. The molecule has 1 N–H and O–H groups in total. The fourth-order valence-electron chi connectivity index (χ4n) is 3.43. The fourth-order valence-corrected chi connectivity index (χ4v) is 5.04. The lowest BCUT2D eigenvalue weighted by Crippen LogP contribution is -2.48. The second-order valence-electron chi connectivity index (χ2n) is 7.09. The molecule has 1 saturated heterocycles. The third-order valence-corrected chi connectivity index (χ3v) is 7.28. The van der Waals surface area contributed by atoms with Gasteiger partial charge in [0.05, 0.1) is 17.7 Å². The van der Waals surface area contributed by atoms with Gasteiger partial charge in [0, 0.05) is 43.3 Å². The molecule has 1 amide bonds. The molecule has 0 bridgehead atoms. The zero-order valence-electron chi connectivity index (χ0n) is 17.3. The number of ether oxygens (including phenoxy) is 1. The average Bonchev–Trinajstić information content (AvgIpc) is 2.75. The number of nitrogens with one attached hydrogen (secondary N) is 1. The van der Waals surface area contributed by atoms with Crippen molar-refractivity contribution < 1.29 is 17.9 Å². The summed E-state index contributed by atoms with van der Waals surface area (Å²) in [6.45, 7) is 5.59. The number of halogens is 1. The van der Waals surface area contributed by atoms with Crippen LogP contribution in [0.25, 0.3) is 0 Å². The van der Waals surface area contributed by atoms with Crippen LogP contribution in [-0.4, -0.2) is 51.9 Å². The molecule has 0 radical (unpaired) electrons. The highest BCUT2D eigenvalue weighted by molar-refractivity contribution is 7.89. The molecule has 1 aliphatic heterocycles. The Balaban J connectivity index is 1.79. The Hall–Kier alpha value is -2.29. The Kier molecular flexibility index (Phi) is 6.90. The third kappa shape index (κ3) is 4.71. The van der Waals surface area contributed by atoms with Gasteiger partial charge in [0.25, 0.3) is 0 Å². The number of carbonyl (C=O) groups is 1. The molecule has 0 unspecified atom stereocenters. The van der Waals surface area contributed by atoms with Gasteiger partial charge in [-0.2, -0.15) is 4.31 Å². The van der Waals surface area contributed by atoms with Gasteiger partial charge in [-0.3, -0.25) is 4.79 Å². The summed E-state index contributed by atoms with van der Waals surface area (Å²) >= 11 is 6.13. The van der Waals surface area contributed by atoms with Crippen LogP contribution >= 0.6 is 11.6 Å². The van der Waals surface area contributed by atoms with Gasteiger partial charge < -0.3 is 15.0 Å². The zero-order valence-corrected chi connectivity index (χ0v) is 18.9. The van der Waals surface area contributed by atoms with Crippen molar-refractivity contribution in [2.75, 3.05) is 43.5 Å². The first kappa shape index (κ1) is 22.4. The van der Waals surface area contributed by atoms with Gasteiger partial charge in [-0.25, -0.2) is 8.42 Å². The van der Waals surface area contributed by atoms with Crippen molar-refractivity contribution in [1.29, 1.82) is 0 Å². The van der Waals surface area contributed by atoms with Crippen LogP contribution in [0.15, 0.2) is 41.3 Å². The van der Waals surface area contributed by atoms with Crippen molar-refractivity contribution >= 4 is 38.9 Å². The van der Waals surface area contributed by atoms with Crippen molar-refractivity contribution in [1.82, 2.24) is 4.31 Å². The summed E-state index contributed by atoms with van der Waals surface area (Å²) in [5.74, 6) is 0.199. The van der Waals surface area contributed by atoms with E-state index in [9.17, 15) is 13.2 Å². The SMILES string of the molecule is CCC(=O)Nc1cc(S(=O)(=O)N2CCN(c3cc(Cl)ccc3C)CC2)ccc1OC. The molecule has 7 nitrogen and oxygen atoms in total. The van der Waals surface area contributed by atoms with Gasteiger partial charge in [0.2, 0.25) is 15.9 Å². The number of sulfonamides is 1. The third-order valence-electron chi connectivity index (χ3n) is 5.15. The van der Waals surface area contributed by atoms with E-state index in [2.05, 4.69) is 10.2 Å². The quantitative estimate of drug-likeness (QED) is 0.727. The minimum absolute atomic E-state index is 0.127. The van der Waals surface area contributed by atoms with Gasteiger partial charge in [-0.05, 0) is 42.8 Å². The molecule has 1 aliphatic rings. The van der Waals surface area contributed by atoms with Crippen molar-refractivity contribution in [3.63, 3.8) is 0 Å². The maximum atomic E-state index is 13.2. The summed E-state index contributed by atoms with van der Waals surface area (Å²) in [5, 5.41) is 3.36. The molecule has 0 atom stereocenters. The molecule has 0 aliphatic carbocycles. The van der Waals surface area contributed by atoms with Crippen LogP contribution in [0.2, 0.25) is 5.02 Å². The van der Waals surface area contributed by atoms with Crippen LogP contribution in [0.1, 0.15) is 18.9 Å². The van der Waals surface area contributed by atoms with Gasteiger partial charge in [-0.15, -0.1) is 0 Å². The van der Waals surface area contributed by atoms with E-state index in [0.29, 0.717) is 42.6 Å². The molecule has 0 saturated carbocycles. The average molecular weight is 452 g/mol. The van der Waals surface area contributed by atoms with E-state index in [1.54, 1.807) is 13.0 Å². The molecule has 3 rings (SSSR count). The molecule has 0 spiro atoms. The Morgan fingerprint density at radius 2 is 1.83 bits per heavy atom. The van der Waals surface area contributed by atoms with Gasteiger partial charge in [0.15, 0.2) is 0 Å². The Labute approximate surface area is 182 Å². The number of methoxy groups -OCH3 is 1. The Bertz CT molecular complexity index is 1030. The number of nitrogens with zero attached hydrogens (tertiary/aromatic N) is 2. The number of piperazine rings is 1. The highest BCUT2D eigenvalue weighted by Gasteiger charge is 2.29. The standard InChI is InChI=1S/C21H26ClN3O4S/c1-4-21(26)23-18-14-17(7-8-20(18)29-3)30(27,28)25-11-9-24(10-12-25)19-13-16(22)6-5-15(19)2/h5-8,13-14H,4,9-12H2,1-3H3,(H,23,26). The first-order valence-corrected chi connectivity index (χ1v) is 11.6. The van der Waals surface area contributed by atoms with Crippen LogP contribution < -0.4 is 15.0 Å². The lowest BCUT2D eigenvalue weighted by molar-refractivity contribution is -0.115. The Morgan fingerprint density at radius 3 is 2.47 bits per heavy atom. The highest BCUT2D eigenvalue weighted by Crippen LogP contribution is 2.30. The van der Waals surface area contributed by atoms with Crippen molar-refractivity contribution in [2.24, 2.45) is 0 Å². The second kappa shape index (κ2) is 9.24. The Morgan fingerprint density at radius 1 is 1.13 bits per heavy atom. The second-order valence-corrected chi connectivity index (χ2v) is 9.46. The lowest BCUT2D eigenvalue weighted by atomic mass is 10.1. The summed E-state index contributed by atoms with van der Waals surface area (Å²) in [4.78, 5) is 14.1. The maximum Gasteiger partial charge on any atom is 0.243 e. The van der Waals surface area contributed by atoms with Crippen LogP contribution in [0.4, 0.5) is 11.4 Å². The minimum atomic E-state index is -3.70. The topological polar surface area (TPSA) is 79.0 Å². The molecule has 2 aromatic carbocycles. The first-order chi connectivity index (χ1) is 14.3. The number of benzene rings is 2. The molecule has 9 heteroatoms.